The molecule has 0 saturated carbocycles. The van der Waals surface area contributed by atoms with Crippen molar-refractivity contribution < 1.29 is 9.53 Å². The van der Waals surface area contributed by atoms with E-state index >= 15 is 0 Å². The normalized spacial score (nSPS) is 24.5. The van der Waals surface area contributed by atoms with Gasteiger partial charge in [-0.2, -0.15) is 0 Å². The highest BCUT2D eigenvalue weighted by atomic mass is 35.5. The molecule has 148 valence electrons. The van der Waals surface area contributed by atoms with Crippen LogP contribution in [0.25, 0.3) is 0 Å². The fourth-order valence-electron chi connectivity index (χ4n) is 3.60. The predicted molar refractivity (Wildman–Crippen MR) is 109 cm³/mol. The minimum atomic E-state index is -0.300. The molecule has 0 radical (unpaired) electrons. The van der Waals surface area contributed by atoms with Gasteiger partial charge in [-0.1, -0.05) is 29.8 Å². The molecule has 2 aliphatic rings. The summed E-state index contributed by atoms with van der Waals surface area (Å²) in [5, 5.41) is 0.802. The van der Waals surface area contributed by atoms with Crippen LogP contribution in [0.5, 0.6) is 0 Å². The topological polar surface area (TPSA) is 58.8 Å². The molecule has 8 heteroatoms. The highest BCUT2D eigenvalue weighted by Gasteiger charge is 2.34. The van der Waals surface area contributed by atoms with Crippen molar-refractivity contribution in [2.45, 2.75) is 38.0 Å². The fraction of sp³-hybridized carbons (Fsp3) is 0.611. The Kier molecular flexibility index (Phi) is 9.65. The van der Waals surface area contributed by atoms with E-state index in [4.69, 9.17) is 22.1 Å². The zero-order valence-corrected chi connectivity index (χ0v) is 17.4. The molecule has 0 spiro atoms. The van der Waals surface area contributed by atoms with Crippen LogP contribution in [-0.2, 0) is 9.53 Å². The van der Waals surface area contributed by atoms with Gasteiger partial charge in [-0.3, -0.25) is 9.69 Å². The van der Waals surface area contributed by atoms with Crippen molar-refractivity contribution in [2.75, 3.05) is 32.7 Å². The van der Waals surface area contributed by atoms with Crippen LogP contribution in [0.3, 0.4) is 0 Å². The first-order valence-corrected chi connectivity index (χ1v) is 9.10. The van der Waals surface area contributed by atoms with E-state index in [-0.39, 0.29) is 49.0 Å². The largest absolute Gasteiger partial charge is 0.364 e. The molecule has 1 unspecified atom stereocenters. The average molecular weight is 425 g/mol. The Morgan fingerprint density at radius 3 is 2.46 bits per heavy atom. The number of carbonyl (C=O) groups excluding carboxylic acids is 1. The first-order valence-electron chi connectivity index (χ1n) is 8.73. The Hall–Kier alpha value is -0.560. The number of ether oxygens (including phenoxy) is 1. The summed E-state index contributed by atoms with van der Waals surface area (Å²) in [6, 6.07) is 8.22. The van der Waals surface area contributed by atoms with Gasteiger partial charge in [0, 0.05) is 43.8 Å². The third-order valence-corrected chi connectivity index (χ3v) is 5.52. The minimum Gasteiger partial charge on any atom is -0.364 e. The van der Waals surface area contributed by atoms with Gasteiger partial charge in [0.2, 0.25) is 0 Å². The van der Waals surface area contributed by atoms with E-state index in [0.29, 0.717) is 6.54 Å². The number of benzene rings is 1. The number of nitrogens with two attached hydrogens (primary N) is 1. The highest BCUT2D eigenvalue weighted by Crippen LogP contribution is 2.28. The lowest BCUT2D eigenvalue weighted by molar-refractivity contribution is -0.144. The second-order valence-corrected chi connectivity index (χ2v) is 7.03. The Bertz CT molecular complexity index is 583. The molecule has 2 saturated heterocycles. The van der Waals surface area contributed by atoms with Gasteiger partial charge in [-0.15, -0.1) is 24.8 Å². The smallest absolute Gasteiger partial charge is 0.251 e. The SMILES string of the molecule is CC(c1ccccc1Cl)N1CCN(C(=O)[C@@H]2CC[C@H](CN)O2)CC1.Cl.Cl. The number of hydrogen-bond donors (Lipinski definition) is 1. The van der Waals surface area contributed by atoms with E-state index in [2.05, 4.69) is 17.9 Å². The molecular formula is C18H28Cl3N3O2. The average Bonchev–Trinajstić information content (AvgIpc) is 3.10. The quantitative estimate of drug-likeness (QED) is 0.807. The van der Waals surface area contributed by atoms with Crippen LogP contribution in [0.2, 0.25) is 5.02 Å². The number of piperazine rings is 1. The van der Waals surface area contributed by atoms with E-state index < -0.39 is 0 Å². The molecule has 2 fully saturated rings. The Balaban J connectivity index is 0.00000169. The Labute approximate surface area is 173 Å². The first-order chi connectivity index (χ1) is 11.6. The molecule has 5 nitrogen and oxygen atoms in total. The predicted octanol–water partition coefficient (Wildman–Crippen LogP) is 2.90. The third-order valence-electron chi connectivity index (χ3n) is 5.17. The second-order valence-electron chi connectivity index (χ2n) is 6.62. The second kappa shape index (κ2) is 10.7. The van der Waals surface area contributed by atoms with Crippen molar-refractivity contribution in [3.63, 3.8) is 0 Å². The van der Waals surface area contributed by atoms with Crippen LogP contribution in [0, 0.1) is 0 Å². The summed E-state index contributed by atoms with van der Waals surface area (Å²) in [6.45, 7) is 5.84. The molecule has 1 aromatic carbocycles. The molecule has 2 heterocycles. The summed E-state index contributed by atoms with van der Waals surface area (Å²) in [4.78, 5) is 16.9. The molecule has 0 aromatic heterocycles. The number of carbonyl (C=O) groups is 1. The van der Waals surface area contributed by atoms with Gasteiger partial charge in [-0.25, -0.2) is 0 Å². The number of hydrogen-bond acceptors (Lipinski definition) is 4. The highest BCUT2D eigenvalue weighted by molar-refractivity contribution is 6.31. The van der Waals surface area contributed by atoms with Crippen LogP contribution < -0.4 is 5.73 Å². The number of nitrogens with zero attached hydrogens (tertiary/aromatic N) is 2. The summed E-state index contributed by atoms with van der Waals surface area (Å²) in [5.41, 5.74) is 6.77. The van der Waals surface area contributed by atoms with Crippen LogP contribution in [0.15, 0.2) is 24.3 Å². The molecule has 2 aliphatic heterocycles. The van der Waals surface area contributed by atoms with Crippen molar-refractivity contribution in [1.29, 1.82) is 0 Å². The van der Waals surface area contributed by atoms with Crippen molar-refractivity contribution in [2.24, 2.45) is 5.73 Å². The molecule has 26 heavy (non-hydrogen) atoms. The lowest BCUT2D eigenvalue weighted by atomic mass is 10.1. The molecule has 0 aliphatic carbocycles. The maximum atomic E-state index is 12.6. The van der Waals surface area contributed by atoms with Gasteiger partial charge in [-0.05, 0) is 31.4 Å². The van der Waals surface area contributed by atoms with E-state index in [9.17, 15) is 4.79 Å². The Morgan fingerprint density at radius 1 is 1.23 bits per heavy atom. The fourth-order valence-corrected chi connectivity index (χ4v) is 3.90. The number of rotatable bonds is 4. The van der Waals surface area contributed by atoms with Gasteiger partial charge < -0.3 is 15.4 Å². The molecule has 1 aromatic rings. The lowest BCUT2D eigenvalue weighted by Gasteiger charge is -2.39. The number of halogens is 3. The standard InChI is InChI=1S/C18H26ClN3O2.2ClH/c1-13(15-4-2-3-5-16(15)19)21-8-10-22(11-9-21)18(23)17-7-6-14(12-20)24-17;;/h2-5,13-14,17H,6-12,20H2,1H3;2*1H/t13?,14-,17+;;/m1../s1. The van der Waals surface area contributed by atoms with E-state index in [0.717, 1.165) is 49.6 Å². The first kappa shape index (κ1) is 23.5. The summed E-state index contributed by atoms with van der Waals surface area (Å²) in [6.07, 6.45) is 1.42. The van der Waals surface area contributed by atoms with Gasteiger partial charge in [0.05, 0.1) is 6.10 Å². The maximum absolute atomic E-state index is 12.6. The molecular weight excluding hydrogens is 397 g/mol. The van der Waals surface area contributed by atoms with Crippen LogP contribution in [0.4, 0.5) is 0 Å². The molecule has 3 atom stereocenters. The van der Waals surface area contributed by atoms with E-state index in [1.807, 2.05) is 23.1 Å². The summed E-state index contributed by atoms with van der Waals surface area (Å²) in [7, 11) is 0. The Morgan fingerprint density at radius 2 is 1.88 bits per heavy atom. The van der Waals surface area contributed by atoms with Crippen molar-refractivity contribution in [3.8, 4) is 0 Å². The van der Waals surface area contributed by atoms with Crippen LogP contribution >= 0.6 is 36.4 Å². The van der Waals surface area contributed by atoms with Crippen molar-refractivity contribution >= 4 is 42.3 Å². The van der Waals surface area contributed by atoms with Gasteiger partial charge in [0.25, 0.3) is 5.91 Å². The number of amides is 1. The third kappa shape index (κ3) is 5.24. The van der Waals surface area contributed by atoms with E-state index in [1.54, 1.807) is 0 Å². The zero-order chi connectivity index (χ0) is 17.1. The van der Waals surface area contributed by atoms with Crippen LogP contribution in [0.1, 0.15) is 31.4 Å². The molecule has 2 N–H and O–H groups in total. The van der Waals surface area contributed by atoms with Gasteiger partial charge in [0.15, 0.2) is 0 Å². The zero-order valence-electron chi connectivity index (χ0n) is 15.0. The van der Waals surface area contributed by atoms with Crippen molar-refractivity contribution in [3.05, 3.63) is 34.9 Å². The lowest BCUT2D eigenvalue weighted by Crippen LogP contribution is -2.52. The molecule has 1 amide bonds. The van der Waals surface area contributed by atoms with Crippen molar-refractivity contribution in [1.82, 2.24) is 9.80 Å². The summed E-state index contributed by atoms with van der Waals surface area (Å²) < 4.78 is 5.74. The minimum absolute atomic E-state index is 0. The molecule has 3 rings (SSSR count). The summed E-state index contributed by atoms with van der Waals surface area (Å²) in [5.74, 6) is 0.121. The summed E-state index contributed by atoms with van der Waals surface area (Å²) >= 11 is 6.31. The maximum Gasteiger partial charge on any atom is 0.251 e. The van der Waals surface area contributed by atoms with Gasteiger partial charge >= 0.3 is 0 Å². The van der Waals surface area contributed by atoms with Gasteiger partial charge in [0.1, 0.15) is 6.10 Å². The monoisotopic (exact) mass is 423 g/mol. The van der Waals surface area contributed by atoms with Crippen LogP contribution in [-0.4, -0.2) is 60.6 Å². The van der Waals surface area contributed by atoms with E-state index in [1.165, 1.54) is 0 Å². The molecule has 0 bridgehead atoms.